The van der Waals surface area contributed by atoms with Crippen molar-refractivity contribution in [1.29, 1.82) is 0 Å². The molecule has 2 heterocycles. The number of piperazine rings is 1. The highest BCUT2D eigenvalue weighted by atomic mass is 32.1. The summed E-state index contributed by atoms with van der Waals surface area (Å²) < 4.78 is 1.14. The third-order valence-electron chi connectivity index (χ3n) is 3.15. The zero-order valence-corrected chi connectivity index (χ0v) is 11.1. The van der Waals surface area contributed by atoms with Crippen LogP contribution < -0.4 is 5.32 Å². The summed E-state index contributed by atoms with van der Waals surface area (Å²) in [6.45, 7) is 5.32. The fraction of sp³-hybridized carbons (Fsp3) is 0.385. The maximum Gasteiger partial charge on any atom is 0.254 e. The first-order valence-electron chi connectivity index (χ1n) is 6.11. The average molecular weight is 261 g/mol. The van der Waals surface area contributed by atoms with Crippen molar-refractivity contribution < 1.29 is 4.79 Å². The molecule has 1 fully saturated rings. The van der Waals surface area contributed by atoms with E-state index >= 15 is 0 Å². The van der Waals surface area contributed by atoms with Gasteiger partial charge in [-0.15, -0.1) is 11.3 Å². The van der Waals surface area contributed by atoms with Gasteiger partial charge in [-0.3, -0.25) is 4.79 Å². The van der Waals surface area contributed by atoms with Crippen LogP contribution in [0.25, 0.3) is 10.2 Å². The van der Waals surface area contributed by atoms with Gasteiger partial charge >= 0.3 is 0 Å². The smallest absolute Gasteiger partial charge is 0.254 e. The Hall–Kier alpha value is -1.46. The highest BCUT2D eigenvalue weighted by Crippen LogP contribution is 2.23. The standard InChI is InChI=1S/C13H15N3OS/c1-9-15-11-8-10(2-3-12(11)18-9)13(17)16-6-4-14-5-7-16/h2-3,8,14H,4-7H2,1H3. The van der Waals surface area contributed by atoms with Crippen molar-refractivity contribution in [2.45, 2.75) is 6.92 Å². The van der Waals surface area contributed by atoms with Crippen LogP contribution in [0.2, 0.25) is 0 Å². The summed E-state index contributed by atoms with van der Waals surface area (Å²) in [5.41, 5.74) is 1.67. The fourth-order valence-electron chi connectivity index (χ4n) is 2.23. The number of amides is 1. The molecular weight excluding hydrogens is 246 g/mol. The summed E-state index contributed by atoms with van der Waals surface area (Å²) >= 11 is 1.66. The average Bonchev–Trinajstić information content (AvgIpc) is 2.78. The summed E-state index contributed by atoms with van der Waals surface area (Å²) in [4.78, 5) is 18.7. The van der Waals surface area contributed by atoms with Gasteiger partial charge in [0.25, 0.3) is 5.91 Å². The second-order valence-electron chi connectivity index (χ2n) is 4.46. The number of aryl methyl sites for hydroxylation is 1. The molecule has 4 nitrogen and oxygen atoms in total. The number of aromatic nitrogens is 1. The zero-order chi connectivity index (χ0) is 12.5. The fourth-order valence-corrected chi connectivity index (χ4v) is 3.03. The van der Waals surface area contributed by atoms with Crippen LogP contribution in [-0.4, -0.2) is 42.0 Å². The normalized spacial score (nSPS) is 16.2. The van der Waals surface area contributed by atoms with Crippen LogP contribution in [0.5, 0.6) is 0 Å². The minimum absolute atomic E-state index is 0.115. The molecule has 1 aliphatic rings. The Bertz CT molecular complexity index is 587. The van der Waals surface area contributed by atoms with Crippen LogP contribution in [0.1, 0.15) is 15.4 Å². The summed E-state index contributed by atoms with van der Waals surface area (Å²) in [6.07, 6.45) is 0. The highest BCUT2D eigenvalue weighted by Gasteiger charge is 2.18. The number of fused-ring (bicyclic) bond motifs is 1. The second kappa shape index (κ2) is 4.66. The minimum atomic E-state index is 0.115. The lowest BCUT2D eigenvalue weighted by Crippen LogP contribution is -2.46. The van der Waals surface area contributed by atoms with Gasteiger partial charge < -0.3 is 10.2 Å². The number of hydrogen-bond donors (Lipinski definition) is 1. The van der Waals surface area contributed by atoms with Crippen molar-refractivity contribution in [2.24, 2.45) is 0 Å². The SMILES string of the molecule is Cc1nc2cc(C(=O)N3CCNCC3)ccc2s1. The molecule has 0 bridgehead atoms. The van der Waals surface area contributed by atoms with Crippen molar-refractivity contribution >= 4 is 27.5 Å². The Morgan fingerprint density at radius 2 is 2.17 bits per heavy atom. The molecule has 1 aromatic heterocycles. The first-order valence-corrected chi connectivity index (χ1v) is 6.93. The quantitative estimate of drug-likeness (QED) is 0.849. The molecule has 0 radical (unpaired) electrons. The van der Waals surface area contributed by atoms with Gasteiger partial charge in [0.1, 0.15) is 0 Å². The van der Waals surface area contributed by atoms with Crippen LogP contribution in [0.4, 0.5) is 0 Å². The minimum Gasteiger partial charge on any atom is -0.336 e. The van der Waals surface area contributed by atoms with E-state index in [1.807, 2.05) is 30.0 Å². The molecule has 0 unspecified atom stereocenters. The molecule has 1 saturated heterocycles. The molecule has 0 aliphatic carbocycles. The van der Waals surface area contributed by atoms with Crippen molar-refractivity contribution in [1.82, 2.24) is 15.2 Å². The number of benzene rings is 1. The van der Waals surface area contributed by atoms with Gasteiger partial charge in [0, 0.05) is 31.7 Å². The van der Waals surface area contributed by atoms with E-state index in [9.17, 15) is 4.79 Å². The van der Waals surface area contributed by atoms with E-state index in [0.717, 1.165) is 47.0 Å². The molecule has 94 valence electrons. The molecule has 18 heavy (non-hydrogen) atoms. The Morgan fingerprint density at radius 1 is 1.39 bits per heavy atom. The van der Waals surface area contributed by atoms with Crippen LogP contribution in [-0.2, 0) is 0 Å². The maximum absolute atomic E-state index is 12.3. The van der Waals surface area contributed by atoms with E-state index < -0.39 is 0 Å². The van der Waals surface area contributed by atoms with E-state index in [4.69, 9.17) is 0 Å². The van der Waals surface area contributed by atoms with E-state index in [-0.39, 0.29) is 5.91 Å². The van der Waals surface area contributed by atoms with Crippen LogP contribution >= 0.6 is 11.3 Å². The third-order valence-corrected chi connectivity index (χ3v) is 4.10. The van der Waals surface area contributed by atoms with E-state index in [2.05, 4.69) is 10.3 Å². The van der Waals surface area contributed by atoms with E-state index in [0.29, 0.717) is 0 Å². The number of rotatable bonds is 1. The van der Waals surface area contributed by atoms with Crippen molar-refractivity contribution in [2.75, 3.05) is 26.2 Å². The van der Waals surface area contributed by atoms with Gasteiger partial charge in [0.05, 0.1) is 15.2 Å². The van der Waals surface area contributed by atoms with Gasteiger partial charge in [0.15, 0.2) is 0 Å². The van der Waals surface area contributed by atoms with Gasteiger partial charge in [-0.25, -0.2) is 4.98 Å². The topological polar surface area (TPSA) is 45.2 Å². The predicted octanol–water partition coefficient (Wildman–Crippen LogP) is 1.65. The first kappa shape index (κ1) is 11.6. The van der Waals surface area contributed by atoms with Crippen LogP contribution in [0.15, 0.2) is 18.2 Å². The molecule has 3 rings (SSSR count). The predicted molar refractivity (Wildman–Crippen MR) is 73.1 cm³/mol. The largest absolute Gasteiger partial charge is 0.336 e. The Morgan fingerprint density at radius 3 is 2.94 bits per heavy atom. The van der Waals surface area contributed by atoms with Crippen LogP contribution in [0, 0.1) is 6.92 Å². The first-order chi connectivity index (χ1) is 8.74. The highest BCUT2D eigenvalue weighted by molar-refractivity contribution is 7.18. The van der Waals surface area contributed by atoms with E-state index in [1.165, 1.54) is 0 Å². The van der Waals surface area contributed by atoms with Gasteiger partial charge in [0.2, 0.25) is 0 Å². The molecule has 0 saturated carbocycles. The number of nitrogens with one attached hydrogen (secondary N) is 1. The molecule has 1 amide bonds. The monoisotopic (exact) mass is 261 g/mol. The Labute approximate surface area is 110 Å². The lowest BCUT2D eigenvalue weighted by Gasteiger charge is -2.27. The number of carbonyl (C=O) groups is 1. The zero-order valence-electron chi connectivity index (χ0n) is 10.3. The summed E-state index contributed by atoms with van der Waals surface area (Å²) in [6, 6.07) is 5.81. The van der Waals surface area contributed by atoms with Crippen molar-refractivity contribution in [3.8, 4) is 0 Å². The molecule has 1 aromatic carbocycles. The molecular formula is C13H15N3OS. The number of thiazole rings is 1. The van der Waals surface area contributed by atoms with Gasteiger partial charge in [-0.1, -0.05) is 0 Å². The molecule has 1 aliphatic heterocycles. The second-order valence-corrected chi connectivity index (χ2v) is 5.69. The van der Waals surface area contributed by atoms with Crippen LogP contribution in [0.3, 0.4) is 0 Å². The molecule has 0 atom stereocenters. The number of hydrogen-bond acceptors (Lipinski definition) is 4. The van der Waals surface area contributed by atoms with E-state index in [1.54, 1.807) is 11.3 Å². The van der Waals surface area contributed by atoms with Gasteiger partial charge in [-0.2, -0.15) is 0 Å². The van der Waals surface area contributed by atoms with Crippen molar-refractivity contribution in [3.63, 3.8) is 0 Å². The maximum atomic E-state index is 12.3. The number of carbonyl (C=O) groups excluding carboxylic acids is 1. The summed E-state index contributed by atoms with van der Waals surface area (Å²) in [7, 11) is 0. The Balaban J connectivity index is 1.90. The lowest BCUT2D eigenvalue weighted by molar-refractivity contribution is 0.0736. The number of nitrogens with zero attached hydrogens (tertiary/aromatic N) is 2. The molecule has 1 N–H and O–H groups in total. The molecule has 5 heteroatoms. The Kier molecular flexibility index (Phi) is 3.01. The molecule has 2 aromatic rings. The van der Waals surface area contributed by atoms with Gasteiger partial charge in [-0.05, 0) is 25.1 Å². The molecule has 0 spiro atoms. The third kappa shape index (κ3) is 2.11. The van der Waals surface area contributed by atoms with Crippen molar-refractivity contribution in [3.05, 3.63) is 28.8 Å². The summed E-state index contributed by atoms with van der Waals surface area (Å²) in [5, 5.41) is 4.29. The lowest BCUT2D eigenvalue weighted by atomic mass is 10.1. The summed E-state index contributed by atoms with van der Waals surface area (Å²) in [5.74, 6) is 0.115.